The van der Waals surface area contributed by atoms with Gasteiger partial charge in [0.15, 0.2) is 5.78 Å². The summed E-state index contributed by atoms with van der Waals surface area (Å²) in [6.45, 7) is 6.00. The van der Waals surface area contributed by atoms with Gasteiger partial charge in [0.25, 0.3) is 0 Å². The third-order valence-corrected chi connectivity index (χ3v) is 4.83. The summed E-state index contributed by atoms with van der Waals surface area (Å²) in [6.07, 6.45) is 1.05. The van der Waals surface area contributed by atoms with E-state index in [2.05, 4.69) is 6.07 Å². The van der Waals surface area contributed by atoms with E-state index in [1.807, 2.05) is 39.0 Å². The minimum Gasteiger partial charge on any atom is -0.496 e. The lowest BCUT2D eigenvalue weighted by Crippen LogP contribution is -2.33. The number of ketones is 1. The maximum Gasteiger partial charge on any atom is 0.205 e. The van der Waals surface area contributed by atoms with Gasteiger partial charge in [0.05, 0.1) is 13.0 Å². The molecule has 1 aromatic carbocycles. The molecular weight excluding hydrogens is 316 g/mol. The molecule has 5 nitrogen and oxygen atoms in total. The zero-order chi connectivity index (χ0) is 18.4. The number of nitrogens with zero attached hydrogens (tertiary/aromatic N) is 1. The van der Waals surface area contributed by atoms with E-state index in [0.717, 1.165) is 16.9 Å². The van der Waals surface area contributed by atoms with Crippen LogP contribution in [0.2, 0.25) is 0 Å². The van der Waals surface area contributed by atoms with Crippen molar-refractivity contribution >= 4 is 5.78 Å². The van der Waals surface area contributed by atoms with Gasteiger partial charge in [0.1, 0.15) is 23.2 Å². The minimum atomic E-state index is -0.484. The van der Waals surface area contributed by atoms with Gasteiger partial charge in [-0.2, -0.15) is 5.26 Å². The monoisotopic (exact) mass is 338 g/mol. The Morgan fingerprint density at radius 1 is 1.36 bits per heavy atom. The molecule has 1 aromatic rings. The third kappa shape index (κ3) is 2.89. The number of ether oxygens (including phenoxy) is 2. The zero-order valence-electron chi connectivity index (χ0n) is 15.0. The Morgan fingerprint density at radius 3 is 2.68 bits per heavy atom. The molecule has 0 amide bonds. The van der Waals surface area contributed by atoms with E-state index in [4.69, 9.17) is 15.2 Å². The summed E-state index contributed by atoms with van der Waals surface area (Å²) in [7, 11) is 1.61. The average molecular weight is 338 g/mol. The predicted molar refractivity (Wildman–Crippen MR) is 93.4 cm³/mol. The lowest BCUT2D eigenvalue weighted by Gasteiger charge is -2.37. The first kappa shape index (κ1) is 17.1. The highest BCUT2D eigenvalue weighted by atomic mass is 16.5. The first-order valence-corrected chi connectivity index (χ1v) is 8.26. The molecule has 2 aliphatic rings. The maximum atomic E-state index is 12.9. The van der Waals surface area contributed by atoms with Gasteiger partial charge in [-0.05, 0) is 29.5 Å². The molecule has 0 aromatic heterocycles. The Balaban J connectivity index is 2.18. The molecule has 1 aliphatic heterocycles. The van der Waals surface area contributed by atoms with Crippen LogP contribution in [-0.4, -0.2) is 12.9 Å². The number of methoxy groups -OCH3 is 1. The van der Waals surface area contributed by atoms with Crippen LogP contribution in [0.1, 0.15) is 43.7 Å². The number of aryl methyl sites for hydroxylation is 1. The summed E-state index contributed by atoms with van der Waals surface area (Å²) >= 11 is 0. The third-order valence-electron chi connectivity index (χ3n) is 4.83. The van der Waals surface area contributed by atoms with Crippen LogP contribution in [0.25, 0.3) is 0 Å². The molecule has 1 atom stereocenters. The number of nitrogens with two attached hydrogens (primary N) is 1. The molecule has 0 saturated carbocycles. The lowest BCUT2D eigenvalue weighted by atomic mass is 9.70. The quantitative estimate of drug-likeness (QED) is 0.892. The van der Waals surface area contributed by atoms with E-state index in [1.165, 1.54) is 0 Å². The molecule has 0 saturated heterocycles. The number of Topliss-reactive ketones (excluding diaryl/α,β-unsaturated/α-hetero) is 1. The Hall–Kier alpha value is -2.74. The van der Waals surface area contributed by atoms with Crippen LogP contribution in [0.3, 0.4) is 0 Å². The molecule has 2 N–H and O–H groups in total. The van der Waals surface area contributed by atoms with E-state index in [-0.39, 0.29) is 22.7 Å². The summed E-state index contributed by atoms with van der Waals surface area (Å²) in [5.41, 5.74) is 8.48. The van der Waals surface area contributed by atoms with E-state index < -0.39 is 5.92 Å². The van der Waals surface area contributed by atoms with Crippen molar-refractivity contribution in [1.82, 2.24) is 0 Å². The Kier molecular flexibility index (Phi) is 4.08. The van der Waals surface area contributed by atoms with Crippen LogP contribution < -0.4 is 10.5 Å². The maximum absolute atomic E-state index is 12.9. The van der Waals surface area contributed by atoms with Gasteiger partial charge < -0.3 is 15.2 Å². The van der Waals surface area contributed by atoms with Crippen LogP contribution in [0.15, 0.2) is 41.0 Å². The molecule has 0 spiro atoms. The number of carbonyl (C=O) groups is 1. The van der Waals surface area contributed by atoms with Crippen LogP contribution >= 0.6 is 0 Å². The van der Waals surface area contributed by atoms with Gasteiger partial charge in [-0.25, -0.2) is 0 Å². The zero-order valence-corrected chi connectivity index (χ0v) is 15.0. The summed E-state index contributed by atoms with van der Waals surface area (Å²) in [5, 5.41) is 9.62. The highest BCUT2D eigenvalue weighted by molar-refractivity contribution is 6.00. The minimum absolute atomic E-state index is 0.0185. The highest BCUT2D eigenvalue weighted by Gasteiger charge is 2.42. The van der Waals surface area contributed by atoms with Crippen LogP contribution in [0.5, 0.6) is 5.75 Å². The fourth-order valence-corrected chi connectivity index (χ4v) is 3.70. The van der Waals surface area contributed by atoms with Gasteiger partial charge in [-0.1, -0.05) is 26.0 Å². The molecule has 130 valence electrons. The van der Waals surface area contributed by atoms with Crippen LogP contribution in [0.4, 0.5) is 0 Å². The highest BCUT2D eigenvalue weighted by Crippen LogP contribution is 2.48. The second kappa shape index (κ2) is 5.96. The van der Waals surface area contributed by atoms with Crippen molar-refractivity contribution in [3.63, 3.8) is 0 Å². The second-order valence-electron chi connectivity index (χ2n) is 7.43. The van der Waals surface area contributed by atoms with Gasteiger partial charge in [0, 0.05) is 18.4 Å². The van der Waals surface area contributed by atoms with Crippen molar-refractivity contribution in [3.05, 3.63) is 52.1 Å². The molecule has 1 heterocycles. The van der Waals surface area contributed by atoms with Crippen LogP contribution in [0, 0.1) is 23.7 Å². The van der Waals surface area contributed by atoms with Crippen molar-refractivity contribution < 1.29 is 14.3 Å². The van der Waals surface area contributed by atoms with Gasteiger partial charge in [0.2, 0.25) is 5.88 Å². The van der Waals surface area contributed by atoms with E-state index in [9.17, 15) is 10.1 Å². The molecular formula is C20H22N2O3. The van der Waals surface area contributed by atoms with Crippen molar-refractivity contribution in [2.24, 2.45) is 11.1 Å². The summed E-state index contributed by atoms with van der Waals surface area (Å²) in [6, 6.07) is 7.81. The first-order valence-electron chi connectivity index (χ1n) is 8.26. The lowest BCUT2D eigenvalue weighted by molar-refractivity contribution is -0.119. The normalized spacial score (nSPS) is 22.2. The molecule has 1 aliphatic carbocycles. The molecule has 1 unspecified atom stereocenters. The number of nitriles is 1. The second-order valence-corrected chi connectivity index (χ2v) is 7.43. The SMILES string of the molecule is COc1ccc(C2C(C#N)=C(N)OC3=C2C(=O)CC(C)(C)C3)cc1C. The smallest absolute Gasteiger partial charge is 0.205 e. The van der Waals surface area contributed by atoms with Crippen LogP contribution in [-0.2, 0) is 9.53 Å². The Labute approximate surface area is 147 Å². The van der Waals surface area contributed by atoms with Crippen molar-refractivity contribution in [3.8, 4) is 11.8 Å². The van der Waals surface area contributed by atoms with Crippen molar-refractivity contribution in [2.75, 3.05) is 7.11 Å². The van der Waals surface area contributed by atoms with Crippen molar-refractivity contribution in [1.29, 1.82) is 5.26 Å². The van der Waals surface area contributed by atoms with Gasteiger partial charge >= 0.3 is 0 Å². The number of benzene rings is 1. The number of hydrogen-bond donors (Lipinski definition) is 1. The average Bonchev–Trinajstić information content (AvgIpc) is 2.52. The topological polar surface area (TPSA) is 85.3 Å². The van der Waals surface area contributed by atoms with Gasteiger partial charge in [-0.15, -0.1) is 0 Å². The Morgan fingerprint density at radius 2 is 2.08 bits per heavy atom. The fourth-order valence-electron chi connectivity index (χ4n) is 3.70. The number of hydrogen-bond acceptors (Lipinski definition) is 5. The summed E-state index contributed by atoms with van der Waals surface area (Å²) in [4.78, 5) is 12.9. The van der Waals surface area contributed by atoms with E-state index in [1.54, 1.807) is 7.11 Å². The number of carbonyl (C=O) groups excluding carboxylic acids is 1. The standard InChI is InChI=1S/C20H22N2O3/c1-11-7-12(5-6-15(11)24-4)17-13(10-21)19(22)25-16-9-20(2,3)8-14(23)18(16)17/h5-7,17H,8-9,22H2,1-4H3. The van der Waals surface area contributed by atoms with Gasteiger partial charge in [-0.3, -0.25) is 4.79 Å². The van der Waals surface area contributed by atoms with E-state index in [0.29, 0.717) is 24.2 Å². The summed E-state index contributed by atoms with van der Waals surface area (Å²) in [5.74, 6) is 0.977. The largest absolute Gasteiger partial charge is 0.496 e. The molecule has 25 heavy (non-hydrogen) atoms. The number of rotatable bonds is 2. The molecule has 0 fully saturated rings. The molecule has 5 heteroatoms. The Bertz CT molecular complexity index is 856. The molecule has 3 rings (SSSR count). The number of allylic oxidation sites excluding steroid dienone is 3. The van der Waals surface area contributed by atoms with E-state index >= 15 is 0 Å². The summed E-state index contributed by atoms with van der Waals surface area (Å²) < 4.78 is 11.0. The predicted octanol–water partition coefficient (Wildman–Crippen LogP) is 3.45. The van der Waals surface area contributed by atoms with Crippen molar-refractivity contribution in [2.45, 2.75) is 39.5 Å². The fraction of sp³-hybridized carbons (Fsp3) is 0.400. The first-order chi connectivity index (χ1) is 11.8. The molecule has 0 radical (unpaired) electrons. The molecule has 0 bridgehead atoms.